The quantitative estimate of drug-likeness (QED) is 0.735. The number of amides is 1. The zero-order valence-corrected chi connectivity index (χ0v) is 16.1. The summed E-state index contributed by atoms with van der Waals surface area (Å²) >= 11 is 7.66. The highest BCUT2D eigenvalue weighted by Crippen LogP contribution is 2.30. The van der Waals surface area contributed by atoms with Crippen LogP contribution in [0.25, 0.3) is 0 Å². The van der Waals surface area contributed by atoms with Crippen molar-refractivity contribution in [1.29, 1.82) is 0 Å². The SMILES string of the molecule is COc1ccc([C@@H](C)NC(=O)CSCc2ccccc2Cl)cc1OC. The van der Waals surface area contributed by atoms with Crippen LogP contribution in [0.15, 0.2) is 42.5 Å². The Morgan fingerprint density at radius 2 is 1.88 bits per heavy atom. The molecule has 0 bridgehead atoms. The zero-order valence-electron chi connectivity index (χ0n) is 14.5. The summed E-state index contributed by atoms with van der Waals surface area (Å²) in [5.74, 6) is 2.38. The minimum atomic E-state index is -0.117. The van der Waals surface area contributed by atoms with E-state index < -0.39 is 0 Å². The van der Waals surface area contributed by atoms with Crippen LogP contribution < -0.4 is 14.8 Å². The van der Waals surface area contributed by atoms with Crippen LogP contribution in [0.4, 0.5) is 0 Å². The molecule has 1 N–H and O–H groups in total. The first-order valence-electron chi connectivity index (χ1n) is 7.87. The number of methoxy groups -OCH3 is 2. The summed E-state index contributed by atoms with van der Waals surface area (Å²) in [5, 5.41) is 3.73. The molecule has 0 unspecified atom stereocenters. The second-order valence-corrected chi connectivity index (χ2v) is 6.88. The summed E-state index contributed by atoms with van der Waals surface area (Å²) in [6, 6.07) is 13.2. The van der Waals surface area contributed by atoms with Gasteiger partial charge in [-0.2, -0.15) is 0 Å². The van der Waals surface area contributed by atoms with Gasteiger partial charge in [0.25, 0.3) is 0 Å². The fourth-order valence-corrected chi connectivity index (χ4v) is 3.48. The van der Waals surface area contributed by atoms with Gasteiger partial charge in [0, 0.05) is 10.8 Å². The van der Waals surface area contributed by atoms with E-state index in [1.165, 1.54) is 11.8 Å². The Labute approximate surface area is 157 Å². The van der Waals surface area contributed by atoms with Gasteiger partial charge in [-0.3, -0.25) is 4.79 Å². The first kappa shape index (κ1) is 19.5. The van der Waals surface area contributed by atoms with Gasteiger partial charge in [0.2, 0.25) is 5.91 Å². The topological polar surface area (TPSA) is 47.6 Å². The predicted molar refractivity (Wildman–Crippen MR) is 104 cm³/mol. The van der Waals surface area contributed by atoms with Crippen LogP contribution in [-0.2, 0) is 10.5 Å². The van der Waals surface area contributed by atoms with Crippen molar-refractivity contribution in [3.8, 4) is 11.5 Å². The Bertz CT molecular complexity index is 724. The molecule has 0 heterocycles. The van der Waals surface area contributed by atoms with E-state index in [0.717, 1.165) is 16.1 Å². The number of nitrogens with one attached hydrogen (secondary N) is 1. The molecule has 6 heteroatoms. The van der Waals surface area contributed by atoms with Crippen molar-refractivity contribution in [2.45, 2.75) is 18.7 Å². The van der Waals surface area contributed by atoms with Gasteiger partial charge in [0.05, 0.1) is 26.0 Å². The number of hydrogen-bond donors (Lipinski definition) is 1. The molecular weight excluding hydrogens is 358 g/mol. The molecule has 4 nitrogen and oxygen atoms in total. The number of carbonyl (C=O) groups is 1. The van der Waals surface area contributed by atoms with Crippen molar-refractivity contribution >= 4 is 29.3 Å². The van der Waals surface area contributed by atoms with E-state index in [2.05, 4.69) is 5.32 Å². The van der Waals surface area contributed by atoms with Crippen LogP contribution in [0.5, 0.6) is 11.5 Å². The van der Waals surface area contributed by atoms with E-state index in [9.17, 15) is 4.79 Å². The number of thioether (sulfide) groups is 1. The van der Waals surface area contributed by atoms with Gasteiger partial charge in [0.15, 0.2) is 11.5 Å². The molecule has 0 aliphatic heterocycles. The van der Waals surface area contributed by atoms with Crippen molar-refractivity contribution in [2.24, 2.45) is 0 Å². The van der Waals surface area contributed by atoms with Crippen LogP contribution in [-0.4, -0.2) is 25.9 Å². The van der Waals surface area contributed by atoms with Gasteiger partial charge < -0.3 is 14.8 Å². The number of benzene rings is 2. The summed E-state index contributed by atoms with van der Waals surface area (Å²) in [4.78, 5) is 12.2. The lowest BCUT2D eigenvalue weighted by molar-refractivity contribution is -0.119. The van der Waals surface area contributed by atoms with Crippen LogP contribution in [0.2, 0.25) is 5.02 Å². The standard InChI is InChI=1S/C19H22ClNO3S/c1-13(14-8-9-17(23-2)18(10-14)24-3)21-19(22)12-25-11-15-6-4-5-7-16(15)20/h4-10,13H,11-12H2,1-3H3,(H,21,22)/t13-/m1/s1. The molecule has 2 aromatic carbocycles. The summed E-state index contributed by atoms with van der Waals surface area (Å²) in [7, 11) is 3.19. The summed E-state index contributed by atoms with van der Waals surface area (Å²) in [5.41, 5.74) is 2.00. The molecule has 2 aromatic rings. The second-order valence-electron chi connectivity index (χ2n) is 5.49. The van der Waals surface area contributed by atoms with Crippen molar-refractivity contribution in [1.82, 2.24) is 5.32 Å². The molecule has 134 valence electrons. The summed E-state index contributed by atoms with van der Waals surface area (Å²) < 4.78 is 10.5. The predicted octanol–water partition coefficient (Wildman–Crippen LogP) is 4.47. The molecule has 0 spiro atoms. The molecular formula is C19H22ClNO3S. The molecule has 0 saturated carbocycles. The average molecular weight is 380 g/mol. The number of ether oxygens (including phenoxy) is 2. The zero-order chi connectivity index (χ0) is 18.2. The smallest absolute Gasteiger partial charge is 0.230 e. The van der Waals surface area contributed by atoms with Crippen molar-refractivity contribution in [3.05, 3.63) is 58.6 Å². The maximum Gasteiger partial charge on any atom is 0.230 e. The Morgan fingerprint density at radius 1 is 1.16 bits per heavy atom. The highest BCUT2D eigenvalue weighted by Gasteiger charge is 2.13. The Kier molecular flexibility index (Phi) is 7.47. The van der Waals surface area contributed by atoms with E-state index in [4.69, 9.17) is 21.1 Å². The minimum Gasteiger partial charge on any atom is -0.493 e. The van der Waals surface area contributed by atoms with Gasteiger partial charge in [-0.1, -0.05) is 35.9 Å². The van der Waals surface area contributed by atoms with Crippen molar-refractivity contribution in [2.75, 3.05) is 20.0 Å². The molecule has 0 fully saturated rings. The molecule has 0 radical (unpaired) electrons. The minimum absolute atomic E-state index is 0.0145. The monoisotopic (exact) mass is 379 g/mol. The molecule has 25 heavy (non-hydrogen) atoms. The molecule has 1 amide bonds. The van der Waals surface area contributed by atoms with E-state index in [1.54, 1.807) is 14.2 Å². The number of hydrogen-bond acceptors (Lipinski definition) is 4. The Hall–Kier alpha value is -1.85. The summed E-state index contributed by atoms with van der Waals surface area (Å²) in [6.07, 6.45) is 0. The first-order valence-corrected chi connectivity index (χ1v) is 9.41. The van der Waals surface area contributed by atoms with E-state index >= 15 is 0 Å². The van der Waals surface area contributed by atoms with Gasteiger partial charge in [-0.15, -0.1) is 11.8 Å². The third kappa shape index (κ3) is 5.58. The number of rotatable bonds is 8. The molecule has 1 atom stereocenters. The first-order chi connectivity index (χ1) is 12.0. The Morgan fingerprint density at radius 3 is 2.56 bits per heavy atom. The van der Waals surface area contributed by atoms with Gasteiger partial charge in [0.1, 0.15) is 0 Å². The highest BCUT2D eigenvalue weighted by molar-refractivity contribution is 7.99. The average Bonchev–Trinajstić information content (AvgIpc) is 2.62. The third-order valence-electron chi connectivity index (χ3n) is 3.73. The van der Waals surface area contributed by atoms with Crippen LogP contribution in [0.1, 0.15) is 24.1 Å². The molecule has 2 rings (SSSR count). The lowest BCUT2D eigenvalue weighted by Gasteiger charge is -2.16. The number of carbonyl (C=O) groups excluding carboxylic acids is 1. The lowest BCUT2D eigenvalue weighted by Crippen LogP contribution is -2.28. The van der Waals surface area contributed by atoms with Crippen molar-refractivity contribution < 1.29 is 14.3 Å². The van der Waals surface area contributed by atoms with E-state index in [0.29, 0.717) is 23.0 Å². The normalized spacial score (nSPS) is 11.7. The molecule has 0 aromatic heterocycles. The highest BCUT2D eigenvalue weighted by atomic mass is 35.5. The third-order valence-corrected chi connectivity index (χ3v) is 5.08. The molecule has 0 saturated heterocycles. The van der Waals surface area contributed by atoms with E-state index in [1.807, 2.05) is 49.4 Å². The van der Waals surface area contributed by atoms with Crippen LogP contribution >= 0.6 is 23.4 Å². The van der Waals surface area contributed by atoms with Gasteiger partial charge in [-0.05, 0) is 36.2 Å². The van der Waals surface area contributed by atoms with Crippen LogP contribution in [0, 0.1) is 0 Å². The fraction of sp³-hybridized carbons (Fsp3) is 0.316. The fourth-order valence-electron chi connectivity index (χ4n) is 2.36. The van der Waals surface area contributed by atoms with Gasteiger partial charge in [-0.25, -0.2) is 0 Å². The largest absolute Gasteiger partial charge is 0.493 e. The second kappa shape index (κ2) is 9.59. The van der Waals surface area contributed by atoms with Crippen molar-refractivity contribution in [3.63, 3.8) is 0 Å². The number of halogens is 1. The summed E-state index contributed by atoms with van der Waals surface area (Å²) in [6.45, 7) is 1.94. The molecule has 0 aliphatic rings. The lowest BCUT2D eigenvalue weighted by atomic mass is 10.1. The maximum absolute atomic E-state index is 12.2. The van der Waals surface area contributed by atoms with Gasteiger partial charge >= 0.3 is 0 Å². The Balaban J connectivity index is 1.86. The molecule has 0 aliphatic carbocycles. The maximum atomic E-state index is 12.2. The van der Waals surface area contributed by atoms with Crippen LogP contribution in [0.3, 0.4) is 0 Å². The van der Waals surface area contributed by atoms with E-state index in [-0.39, 0.29) is 11.9 Å².